The van der Waals surface area contributed by atoms with Gasteiger partial charge in [-0.2, -0.15) is 0 Å². The van der Waals surface area contributed by atoms with E-state index in [4.69, 9.17) is 5.11 Å². The second-order valence-corrected chi connectivity index (χ2v) is 3.41. The molecular weight excluding hydrogens is 170 g/mol. The van der Waals surface area contributed by atoms with Gasteiger partial charge in [0.05, 0.1) is 6.04 Å². The minimum absolute atomic E-state index is 0.0534. The largest absolute Gasteiger partial charge is 0.465 e. The summed E-state index contributed by atoms with van der Waals surface area (Å²) in [4.78, 5) is 22.7. The number of hydrogen-bond donors (Lipinski definition) is 1. The van der Waals surface area contributed by atoms with E-state index >= 15 is 0 Å². The molecule has 0 aromatic rings. The molecule has 1 N–H and O–H groups in total. The van der Waals surface area contributed by atoms with Crippen molar-refractivity contribution in [2.45, 2.75) is 44.7 Å². The molecule has 1 fully saturated rings. The Balaban J connectivity index is 2.66. The fourth-order valence-electron chi connectivity index (χ4n) is 1.96. The number of carbonyl (C=O) groups is 2. The van der Waals surface area contributed by atoms with Gasteiger partial charge in [0.2, 0.25) is 0 Å². The van der Waals surface area contributed by atoms with E-state index in [9.17, 15) is 9.59 Å². The number of rotatable bonds is 3. The first-order valence-electron chi connectivity index (χ1n) is 4.67. The van der Waals surface area contributed by atoms with Crippen LogP contribution in [0.25, 0.3) is 0 Å². The highest BCUT2D eigenvalue weighted by atomic mass is 16.4. The Hall–Kier alpha value is -1.06. The molecule has 0 aliphatic carbocycles. The predicted molar refractivity (Wildman–Crippen MR) is 47.6 cm³/mol. The first-order valence-corrected chi connectivity index (χ1v) is 4.67. The smallest absolute Gasteiger partial charge is 0.408 e. The van der Waals surface area contributed by atoms with Gasteiger partial charge in [-0.25, -0.2) is 4.79 Å². The molecule has 0 unspecified atom stereocenters. The van der Waals surface area contributed by atoms with E-state index < -0.39 is 12.1 Å². The van der Waals surface area contributed by atoms with Crippen molar-refractivity contribution in [2.24, 2.45) is 0 Å². The van der Waals surface area contributed by atoms with Gasteiger partial charge in [-0.05, 0) is 19.3 Å². The van der Waals surface area contributed by atoms with Gasteiger partial charge >= 0.3 is 6.09 Å². The molecule has 0 aromatic heterocycles. The molecule has 0 bridgehead atoms. The zero-order valence-corrected chi connectivity index (χ0v) is 7.77. The van der Waals surface area contributed by atoms with E-state index in [1.165, 1.54) is 4.90 Å². The Morgan fingerprint density at radius 1 is 1.62 bits per heavy atom. The maximum atomic E-state index is 10.8. The van der Waals surface area contributed by atoms with Gasteiger partial charge in [-0.1, -0.05) is 13.3 Å². The molecule has 1 amide bonds. The van der Waals surface area contributed by atoms with E-state index in [0.29, 0.717) is 6.42 Å². The summed E-state index contributed by atoms with van der Waals surface area (Å²) in [6.45, 7) is 2.02. The van der Waals surface area contributed by atoms with Crippen molar-refractivity contribution in [3.8, 4) is 0 Å². The maximum absolute atomic E-state index is 10.8. The highest BCUT2D eigenvalue weighted by molar-refractivity contribution is 5.73. The first kappa shape index (κ1) is 10.0. The zero-order valence-electron chi connectivity index (χ0n) is 7.77. The summed E-state index contributed by atoms with van der Waals surface area (Å²) in [6.07, 6.45) is 3.10. The second kappa shape index (κ2) is 4.25. The molecule has 0 aromatic carbocycles. The Labute approximate surface area is 77.5 Å². The van der Waals surface area contributed by atoms with Crippen LogP contribution in [0.15, 0.2) is 0 Å². The molecular formula is C9H15NO3. The van der Waals surface area contributed by atoms with Crippen molar-refractivity contribution >= 4 is 12.4 Å². The summed E-state index contributed by atoms with van der Waals surface area (Å²) in [6, 6.07) is -0.355. The third kappa shape index (κ3) is 1.99. The Bertz CT molecular complexity index is 205. The van der Waals surface area contributed by atoms with E-state index in [-0.39, 0.29) is 6.04 Å². The van der Waals surface area contributed by atoms with Crippen LogP contribution in [0.3, 0.4) is 0 Å². The van der Waals surface area contributed by atoms with Crippen LogP contribution in [0.5, 0.6) is 0 Å². The van der Waals surface area contributed by atoms with E-state index in [2.05, 4.69) is 0 Å². The van der Waals surface area contributed by atoms with Crippen LogP contribution in [-0.4, -0.2) is 34.5 Å². The summed E-state index contributed by atoms with van der Waals surface area (Å²) in [7, 11) is 0. The Morgan fingerprint density at radius 2 is 2.31 bits per heavy atom. The van der Waals surface area contributed by atoms with Crippen LogP contribution in [0, 0.1) is 0 Å². The predicted octanol–water partition coefficient (Wildman–Crippen LogP) is 1.50. The van der Waals surface area contributed by atoms with Crippen LogP contribution in [0.1, 0.15) is 32.6 Å². The van der Waals surface area contributed by atoms with Crippen molar-refractivity contribution < 1.29 is 14.7 Å². The fraction of sp³-hybridized carbons (Fsp3) is 0.778. The second-order valence-electron chi connectivity index (χ2n) is 3.41. The molecule has 1 saturated heterocycles. The summed E-state index contributed by atoms with van der Waals surface area (Å²) in [5.74, 6) is 0. The van der Waals surface area contributed by atoms with Crippen molar-refractivity contribution in [1.29, 1.82) is 0 Å². The fourth-order valence-corrected chi connectivity index (χ4v) is 1.96. The third-order valence-corrected chi connectivity index (χ3v) is 2.55. The Kier molecular flexibility index (Phi) is 3.28. The number of carboxylic acid groups (broad SMARTS) is 1. The average molecular weight is 185 g/mol. The molecule has 1 heterocycles. The maximum Gasteiger partial charge on any atom is 0.408 e. The van der Waals surface area contributed by atoms with Crippen LogP contribution in [0.2, 0.25) is 0 Å². The molecule has 1 rings (SSSR count). The molecule has 0 saturated carbocycles. The molecule has 1 aliphatic heterocycles. The monoisotopic (exact) mass is 185 g/mol. The zero-order chi connectivity index (χ0) is 9.84. The lowest BCUT2D eigenvalue weighted by Crippen LogP contribution is -2.40. The molecule has 0 spiro atoms. The third-order valence-electron chi connectivity index (χ3n) is 2.55. The summed E-state index contributed by atoms with van der Waals surface area (Å²) < 4.78 is 0. The van der Waals surface area contributed by atoms with Gasteiger partial charge < -0.3 is 9.90 Å². The van der Waals surface area contributed by atoms with Gasteiger partial charge in [0.15, 0.2) is 0 Å². The summed E-state index contributed by atoms with van der Waals surface area (Å²) in [5, 5.41) is 8.88. The van der Waals surface area contributed by atoms with Gasteiger partial charge in [0, 0.05) is 6.04 Å². The van der Waals surface area contributed by atoms with Crippen molar-refractivity contribution in [1.82, 2.24) is 4.90 Å². The minimum atomic E-state index is -0.965. The normalized spacial score (nSPS) is 27.6. The highest BCUT2D eigenvalue weighted by Gasteiger charge is 2.35. The molecule has 2 atom stereocenters. The van der Waals surface area contributed by atoms with Crippen molar-refractivity contribution in [2.75, 3.05) is 0 Å². The van der Waals surface area contributed by atoms with Gasteiger partial charge in [0.1, 0.15) is 6.29 Å². The van der Waals surface area contributed by atoms with Crippen molar-refractivity contribution in [3.05, 3.63) is 0 Å². The summed E-state index contributed by atoms with van der Waals surface area (Å²) in [5.41, 5.74) is 0. The number of likely N-dealkylation sites (tertiary alicyclic amines) is 1. The van der Waals surface area contributed by atoms with Crippen LogP contribution < -0.4 is 0 Å². The summed E-state index contributed by atoms with van der Waals surface area (Å²) >= 11 is 0. The number of carbonyl (C=O) groups excluding carboxylic acids is 1. The SMILES string of the molecule is CCC[C@@H]1CC[C@H](C=O)N1C(=O)O. The molecule has 4 heteroatoms. The van der Waals surface area contributed by atoms with Crippen LogP contribution in [0.4, 0.5) is 4.79 Å². The van der Waals surface area contributed by atoms with Gasteiger partial charge in [-0.15, -0.1) is 0 Å². The lowest BCUT2D eigenvalue weighted by Gasteiger charge is -2.24. The number of amides is 1. The number of hydrogen-bond acceptors (Lipinski definition) is 2. The lowest BCUT2D eigenvalue weighted by molar-refractivity contribution is -0.111. The van der Waals surface area contributed by atoms with Crippen LogP contribution in [-0.2, 0) is 4.79 Å². The topological polar surface area (TPSA) is 57.6 Å². The van der Waals surface area contributed by atoms with Gasteiger partial charge in [0.25, 0.3) is 0 Å². The van der Waals surface area contributed by atoms with E-state index in [1.54, 1.807) is 0 Å². The quantitative estimate of drug-likeness (QED) is 0.678. The first-order chi connectivity index (χ1) is 6.20. The van der Waals surface area contributed by atoms with Crippen LogP contribution >= 0.6 is 0 Å². The van der Waals surface area contributed by atoms with Gasteiger partial charge in [-0.3, -0.25) is 4.90 Å². The number of nitrogens with zero attached hydrogens (tertiary/aromatic N) is 1. The van der Waals surface area contributed by atoms with Crippen molar-refractivity contribution in [3.63, 3.8) is 0 Å². The number of aldehydes is 1. The lowest BCUT2D eigenvalue weighted by atomic mass is 10.1. The standard InChI is InChI=1S/C9H15NO3/c1-2-3-7-4-5-8(6-11)10(7)9(12)13/h6-8H,2-5H2,1H3,(H,12,13)/t7-,8-/m1/s1. The minimum Gasteiger partial charge on any atom is -0.465 e. The average Bonchev–Trinajstić information content (AvgIpc) is 2.48. The molecule has 74 valence electrons. The van der Waals surface area contributed by atoms with E-state index in [0.717, 1.165) is 25.5 Å². The molecule has 1 aliphatic rings. The highest BCUT2D eigenvalue weighted by Crippen LogP contribution is 2.25. The molecule has 13 heavy (non-hydrogen) atoms. The molecule has 4 nitrogen and oxygen atoms in total. The molecule has 0 radical (unpaired) electrons. The Morgan fingerprint density at radius 3 is 2.77 bits per heavy atom. The van der Waals surface area contributed by atoms with E-state index in [1.807, 2.05) is 6.92 Å².